The van der Waals surface area contributed by atoms with Crippen molar-refractivity contribution in [2.75, 3.05) is 19.7 Å². The zero-order valence-corrected chi connectivity index (χ0v) is 10.8. The fourth-order valence-electron chi connectivity index (χ4n) is 2.40. The van der Waals surface area contributed by atoms with Crippen LogP contribution in [-0.4, -0.2) is 30.7 Å². The summed E-state index contributed by atoms with van der Waals surface area (Å²) in [5.74, 6) is 1.33. The molecule has 1 aliphatic carbocycles. The first-order chi connectivity index (χ1) is 8.17. The first kappa shape index (κ1) is 14.5. The Morgan fingerprint density at radius 2 is 2.06 bits per heavy atom. The minimum Gasteiger partial charge on any atom is -0.396 e. The molecule has 1 fully saturated rings. The highest BCUT2D eigenvalue weighted by Gasteiger charge is 2.25. The molecule has 0 aliphatic heterocycles. The van der Waals surface area contributed by atoms with E-state index in [-0.39, 0.29) is 18.4 Å². The van der Waals surface area contributed by atoms with E-state index in [0.717, 1.165) is 38.6 Å². The lowest BCUT2D eigenvalue weighted by atomic mass is 9.81. The Hall–Kier alpha value is -0.610. The predicted molar refractivity (Wildman–Crippen MR) is 68.4 cm³/mol. The Kier molecular flexibility index (Phi) is 6.52. The van der Waals surface area contributed by atoms with Gasteiger partial charge in [-0.2, -0.15) is 0 Å². The predicted octanol–water partition coefficient (Wildman–Crippen LogP) is 0.886. The number of hydrogen-bond donors (Lipinski definition) is 3. The topological polar surface area (TPSA) is 75.3 Å². The highest BCUT2D eigenvalue weighted by molar-refractivity contribution is 5.78. The number of aliphatic hydroxyl groups excluding tert-OH is 1. The molecule has 0 spiro atoms. The van der Waals surface area contributed by atoms with Gasteiger partial charge in [-0.05, 0) is 50.5 Å². The number of amides is 1. The fourth-order valence-corrected chi connectivity index (χ4v) is 2.40. The first-order valence-electron chi connectivity index (χ1n) is 6.76. The zero-order chi connectivity index (χ0) is 12.7. The van der Waals surface area contributed by atoms with E-state index in [4.69, 9.17) is 10.8 Å². The number of carbonyl (C=O) groups excluding carboxylic acids is 1. The number of rotatable bonds is 6. The molecule has 0 radical (unpaired) electrons. The van der Waals surface area contributed by atoms with Gasteiger partial charge in [-0.3, -0.25) is 4.79 Å². The highest BCUT2D eigenvalue weighted by atomic mass is 16.3. The first-order valence-corrected chi connectivity index (χ1v) is 6.76. The van der Waals surface area contributed by atoms with Crippen molar-refractivity contribution < 1.29 is 9.90 Å². The Morgan fingerprint density at radius 3 is 2.59 bits per heavy atom. The maximum Gasteiger partial charge on any atom is 0.223 e. The molecule has 0 aromatic rings. The van der Waals surface area contributed by atoms with Crippen LogP contribution in [0.25, 0.3) is 0 Å². The number of nitrogens with one attached hydrogen (secondary N) is 1. The van der Waals surface area contributed by atoms with Crippen LogP contribution in [-0.2, 0) is 4.79 Å². The van der Waals surface area contributed by atoms with Gasteiger partial charge in [0.2, 0.25) is 5.91 Å². The van der Waals surface area contributed by atoms with Gasteiger partial charge in [0.05, 0.1) is 0 Å². The second-order valence-electron chi connectivity index (χ2n) is 5.32. The van der Waals surface area contributed by atoms with Gasteiger partial charge >= 0.3 is 0 Å². The molecule has 17 heavy (non-hydrogen) atoms. The SMILES string of the molecule is CC(CCO)CNC(=O)C1CCC(CN)CC1. The molecule has 4 N–H and O–H groups in total. The molecule has 1 aliphatic rings. The second kappa shape index (κ2) is 7.67. The smallest absolute Gasteiger partial charge is 0.223 e. The van der Waals surface area contributed by atoms with Crippen molar-refractivity contribution in [3.63, 3.8) is 0 Å². The lowest BCUT2D eigenvalue weighted by molar-refractivity contribution is -0.126. The summed E-state index contributed by atoms with van der Waals surface area (Å²) in [6, 6.07) is 0. The van der Waals surface area contributed by atoms with Gasteiger partial charge in [-0.1, -0.05) is 6.92 Å². The molecule has 1 saturated carbocycles. The standard InChI is InChI=1S/C13H26N2O2/c1-10(6-7-16)9-15-13(17)12-4-2-11(8-14)3-5-12/h10-12,16H,2-9,14H2,1H3,(H,15,17). The van der Waals surface area contributed by atoms with E-state index >= 15 is 0 Å². The molecular weight excluding hydrogens is 216 g/mol. The van der Waals surface area contributed by atoms with Gasteiger partial charge in [-0.15, -0.1) is 0 Å². The van der Waals surface area contributed by atoms with Crippen LogP contribution in [0.4, 0.5) is 0 Å². The third-order valence-electron chi connectivity index (χ3n) is 3.80. The summed E-state index contributed by atoms with van der Waals surface area (Å²) in [4.78, 5) is 11.9. The van der Waals surface area contributed by atoms with Crippen molar-refractivity contribution in [1.82, 2.24) is 5.32 Å². The molecule has 0 bridgehead atoms. The summed E-state index contributed by atoms with van der Waals surface area (Å²) in [6.07, 6.45) is 4.87. The van der Waals surface area contributed by atoms with E-state index in [1.165, 1.54) is 0 Å². The van der Waals surface area contributed by atoms with E-state index < -0.39 is 0 Å². The lowest BCUT2D eigenvalue weighted by Crippen LogP contribution is -2.36. The average molecular weight is 242 g/mol. The molecule has 1 amide bonds. The minimum absolute atomic E-state index is 0.180. The summed E-state index contributed by atoms with van der Waals surface area (Å²) in [6.45, 7) is 3.67. The largest absolute Gasteiger partial charge is 0.396 e. The summed E-state index contributed by atoms with van der Waals surface area (Å²) in [5.41, 5.74) is 5.63. The summed E-state index contributed by atoms with van der Waals surface area (Å²) in [5, 5.41) is 11.8. The van der Waals surface area contributed by atoms with Crippen LogP contribution in [0.5, 0.6) is 0 Å². The molecule has 0 heterocycles. The van der Waals surface area contributed by atoms with Gasteiger partial charge in [0.25, 0.3) is 0 Å². The van der Waals surface area contributed by atoms with Crippen molar-refractivity contribution in [3.8, 4) is 0 Å². The molecular formula is C13H26N2O2. The Labute approximate surface area is 104 Å². The fraction of sp³-hybridized carbons (Fsp3) is 0.923. The number of aliphatic hydroxyl groups is 1. The quantitative estimate of drug-likeness (QED) is 0.647. The molecule has 1 atom stereocenters. The molecule has 4 nitrogen and oxygen atoms in total. The van der Waals surface area contributed by atoms with Crippen LogP contribution in [0.2, 0.25) is 0 Å². The van der Waals surface area contributed by atoms with E-state index in [2.05, 4.69) is 5.32 Å². The van der Waals surface area contributed by atoms with Crippen LogP contribution in [0.1, 0.15) is 39.0 Å². The van der Waals surface area contributed by atoms with E-state index in [0.29, 0.717) is 18.4 Å². The summed E-state index contributed by atoms with van der Waals surface area (Å²) in [7, 11) is 0. The van der Waals surface area contributed by atoms with Crippen molar-refractivity contribution >= 4 is 5.91 Å². The van der Waals surface area contributed by atoms with Gasteiger partial charge in [0.1, 0.15) is 0 Å². The third-order valence-corrected chi connectivity index (χ3v) is 3.80. The van der Waals surface area contributed by atoms with E-state index in [1.807, 2.05) is 6.92 Å². The summed E-state index contributed by atoms with van der Waals surface area (Å²) < 4.78 is 0. The molecule has 1 unspecified atom stereocenters. The van der Waals surface area contributed by atoms with Crippen LogP contribution < -0.4 is 11.1 Å². The number of nitrogens with two attached hydrogens (primary N) is 1. The maximum absolute atomic E-state index is 11.9. The van der Waals surface area contributed by atoms with Crippen LogP contribution in [0.3, 0.4) is 0 Å². The third kappa shape index (κ3) is 5.04. The Balaban J connectivity index is 2.20. The average Bonchev–Trinajstić information content (AvgIpc) is 2.36. The van der Waals surface area contributed by atoms with Crippen LogP contribution >= 0.6 is 0 Å². The van der Waals surface area contributed by atoms with Gasteiger partial charge in [0.15, 0.2) is 0 Å². The Morgan fingerprint density at radius 1 is 1.41 bits per heavy atom. The van der Waals surface area contributed by atoms with Gasteiger partial charge in [-0.25, -0.2) is 0 Å². The van der Waals surface area contributed by atoms with E-state index in [9.17, 15) is 4.79 Å². The molecule has 1 rings (SSSR count). The second-order valence-corrected chi connectivity index (χ2v) is 5.32. The van der Waals surface area contributed by atoms with Crippen LogP contribution in [0.15, 0.2) is 0 Å². The van der Waals surface area contributed by atoms with Crippen LogP contribution in [0, 0.1) is 17.8 Å². The zero-order valence-electron chi connectivity index (χ0n) is 10.8. The minimum atomic E-state index is 0.180. The highest BCUT2D eigenvalue weighted by Crippen LogP contribution is 2.28. The Bertz CT molecular complexity index is 225. The maximum atomic E-state index is 11.9. The van der Waals surface area contributed by atoms with Crippen molar-refractivity contribution in [2.45, 2.75) is 39.0 Å². The normalized spacial score (nSPS) is 26.5. The molecule has 0 aromatic heterocycles. The van der Waals surface area contributed by atoms with Crippen molar-refractivity contribution in [3.05, 3.63) is 0 Å². The number of carbonyl (C=O) groups is 1. The van der Waals surface area contributed by atoms with Gasteiger partial charge in [0, 0.05) is 19.1 Å². The van der Waals surface area contributed by atoms with Gasteiger partial charge < -0.3 is 16.2 Å². The lowest BCUT2D eigenvalue weighted by Gasteiger charge is -2.27. The monoisotopic (exact) mass is 242 g/mol. The molecule has 0 aromatic carbocycles. The molecule has 4 heteroatoms. The summed E-state index contributed by atoms with van der Waals surface area (Å²) >= 11 is 0. The molecule has 0 saturated heterocycles. The van der Waals surface area contributed by atoms with E-state index in [1.54, 1.807) is 0 Å². The van der Waals surface area contributed by atoms with Crippen molar-refractivity contribution in [1.29, 1.82) is 0 Å². The number of hydrogen-bond acceptors (Lipinski definition) is 3. The molecule has 100 valence electrons. The van der Waals surface area contributed by atoms with Crippen molar-refractivity contribution in [2.24, 2.45) is 23.5 Å².